The van der Waals surface area contributed by atoms with Crippen LogP contribution in [0, 0.1) is 0 Å². The van der Waals surface area contributed by atoms with Crippen molar-refractivity contribution in [1.29, 1.82) is 0 Å². The molecule has 0 fully saturated rings. The lowest BCUT2D eigenvalue weighted by molar-refractivity contribution is 0.0953. The van der Waals surface area contributed by atoms with Crippen molar-refractivity contribution < 1.29 is 4.79 Å². The Morgan fingerprint density at radius 2 is 2.40 bits per heavy atom. The summed E-state index contributed by atoms with van der Waals surface area (Å²) in [5.41, 5.74) is 1.06. The zero-order chi connectivity index (χ0) is 10.8. The number of carbonyl (C=O) groups excluding carboxylic acids is 1. The molecule has 2 heterocycles. The molecule has 0 saturated heterocycles. The molecule has 0 spiro atoms. The molecular formula is C9H8ClN3OS. The molecule has 0 aromatic carbocycles. The lowest BCUT2D eigenvalue weighted by Gasteiger charge is -2.02. The third-order valence-corrected chi connectivity index (χ3v) is 2.91. The largest absolute Gasteiger partial charge is 0.351 e. The van der Waals surface area contributed by atoms with Crippen LogP contribution in [0.5, 0.6) is 0 Å². The molecule has 0 unspecified atom stereocenters. The van der Waals surface area contributed by atoms with Gasteiger partial charge in [-0.15, -0.1) is 11.3 Å². The fraction of sp³-hybridized carbons (Fsp3) is 0.222. The summed E-state index contributed by atoms with van der Waals surface area (Å²) in [5.74, 6) is -0.214. The second kappa shape index (κ2) is 4.12. The number of aromatic nitrogens is 2. The predicted molar refractivity (Wildman–Crippen MR) is 60.4 cm³/mol. The lowest BCUT2D eigenvalue weighted by Crippen LogP contribution is -2.24. The van der Waals surface area contributed by atoms with Gasteiger partial charge in [0.2, 0.25) is 5.28 Å². The van der Waals surface area contributed by atoms with Gasteiger partial charge >= 0.3 is 0 Å². The number of rotatable bonds is 2. The summed E-state index contributed by atoms with van der Waals surface area (Å²) in [7, 11) is 0. The van der Waals surface area contributed by atoms with Crippen LogP contribution in [0.1, 0.15) is 17.4 Å². The van der Waals surface area contributed by atoms with Gasteiger partial charge < -0.3 is 5.32 Å². The van der Waals surface area contributed by atoms with Gasteiger partial charge in [-0.3, -0.25) is 4.79 Å². The van der Waals surface area contributed by atoms with E-state index in [1.807, 2.05) is 18.4 Å². The van der Waals surface area contributed by atoms with Gasteiger partial charge in [0, 0.05) is 6.54 Å². The quantitative estimate of drug-likeness (QED) is 0.820. The van der Waals surface area contributed by atoms with Crippen molar-refractivity contribution in [2.45, 2.75) is 6.92 Å². The van der Waals surface area contributed by atoms with Gasteiger partial charge in [0.1, 0.15) is 0 Å². The van der Waals surface area contributed by atoms with Crippen LogP contribution < -0.4 is 5.32 Å². The van der Waals surface area contributed by atoms with E-state index < -0.39 is 0 Å². The minimum absolute atomic E-state index is 0.0992. The first kappa shape index (κ1) is 10.3. The first-order valence-electron chi connectivity index (χ1n) is 4.41. The van der Waals surface area contributed by atoms with Gasteiger partial charge in [0.15, 0.2) is 5.69 Å². The van der Waals surface area contributed by atoms with E-state index in [1.54, 1.807) is 0 Å². The highest BCUT2D eigenvalue weighted by atomic mass is 35.5. The van der Waals surface area contributed by atoms with Crippen LogP contribution >= 0.6 is 22.9 Å². The maximum Gasteiger partial charge on any atom is 0.271 e. The van der Waals surface area contributed by atoms with E-state index in [4.69, 9.17) is 11.6 Å². The fourth-order valence-electron chi connectivity index (χ4n) is 1.23. The minimum atomic E-state index is -0.214. The Morgan fingerprint density at radius 1 is 1.60 bits per heavy atom. The van der Waals surface area contributed by atoms with Crippen molar-refractivity contribution in [3.63, 3.8) is 0 Å². The van der Waals surface area contributed by atoms with Crippen molar-refractivity contribution in [3.8, 4) is 0 Å². The minimum Gasteiger partial charge on any atom is -0.351 e. The molecule has 2 aromatic rings. The summed E-state index contributed by atoms with van der Waals surface area (Å²) in [5, 5.41) is 4.65. The Kier molecular flexibility index (Phi) is 2.83. The van der Waals surface area contributed by atoms with E-state index in [9.17, 15) is 4.79 Å². The number of nitrogens with one attached hydrogen (secondary N) is 1. The molecule has 4 nitrogen and oxygen atoms in total. The Hall–Kier alpha value is -1.20. The van der Waals surface area contributed by atoms with Gasteiger partial charge in [0.25, 0.3) is 5.91 Å². The zero-order valence-corrected chi connectivity index (χ0v) is 9.52. The average molecular weight is 242 g/mol. The van der Waals surface area contributed by atoms with Gasteiger partial charge in [-0.05, 0) is 30.0 Å². The lowest BCUT2D eigenvalue weighted by atomic mass is 10.3. The molecule has 0 radical (unpaired) electrons. The van der Waals surface area contributed by atoms with Crippen molar-refractivity contribution in [2.75, 3.05) is 6.54 Å². The zero-order valence-electron chi connectivity index (χ0n) is 7.95. The predicted octanol–water partition coefficient (Wildman–Crippen LogP) is 2.09. The van der Waals surface area contributed by atoms with Crippen LogP contribution in [0.15, 0.2) is 11.4 Å². The van der Waals surface area contributed by atoms with Crippen molar-refractivity contribution >= 4 is 39.1 Å². The average Bonchev–Trinajstić information content (AvgIpc) is 2.64. The summed E-state index contributed by atoms with van der Waals surface area (Å²) >= 11 is 7.16. The number of amides is 1. The van der Waals surface area contributed by atoms with Crippen molar-refractivity contribution in [2.24, 2.45) is 0 Å². The van der Waals surface area contributed by atoms with E-state index in [1.165, 1.54) is 11.3 Å². The van der Waals surface area contributed by atoms with Crippen LogP contribution in [0.4, 0.5) is 0 Å². The molecule has 0 bridgehead atoms. The highest BCUT2D eigenvalue weighted by molar-refractivity contribution is 7.17. The van der Waals surface area contributed by atoms with Crippen LogP contribution in [0.25, 0.3) is 10.2 Å². The number of nitrogens with zero attached hydrogens (tertiary/aromatic N) is 2. The SMILES string of the molecule is CCNC(=O)c1nc(Cl)nc2ccsc12. The van der Waals surface area contributed by atoms with Crippen LogP contribution in [-0.4, -0.2) is 22.4 Å². The number of halogens is 1. The monoisotopic (exact) mass is 241 g/mol. The van der Waals surface area contributed by atoms with E-state index in [0.29, 0.717) is 17.8 Å². The summed E-state index contributed by atoms with van der Waals surface area (Å²) < 4.78 is 0.769. The Balaban J connectivity index is 2.57. The van der Waals surface area contributed by atoms with Gasteiger partial charge in [-0.2, -0.15) is 0 Å². The molecule has 2 rings (SSSR count). The third-order valence-electron chi connectivity index (χ3n) is 1.83. The van der Waals surface area contributed by atoms with E-state index in [2.05, 4.69) is 15.3 Å². The smallest absolute Gasteiger partial charge is 0.271 e. The van der Waals surface area contributed by atoms with Crippen LogP contribution in [-0.2, 0) is 0 Å². The summed E-state index contributed by atoms with van der Waals surface area (Å²) in [6, 6.07) is 1.82. The van der Waals surface area contributed by atoms with Crippen LogP contribution in [0.3, 0.4) is 0 Å². The normalized spacial score (nSPS) is 10.5. The molecule has 78 valence electrons. The Bertz CT molecular complexity index is 511. The van der Waals surface area contributed by atoms with E-state index in [-0.39, 0.29) is 11.2 Å². The fourth-order valence-corrected chi connectivity index (χ4v) is 2.23. The molecule has 2 aromatic heterocycles. The Labute approximate surface area is 95.3 Å². The summed E-state index contributed by atoms with van der Waals surface area (Å²) in [4.78, 5) is 19.6. The van der Waals surface area contributed by atoms with Crippen molar-refractivity contribution in [3.05, 3.63) is 22.4 Å². The maximum atomic E-state index is 11.7. The van der Waals surface area contributed by atoms with Gasteiger partial charge in [-0.25, -0.2) is 9.97 Å². The van der Waals surface area contributed by atoms with Gasteiger partial charge in [-0.1, -0.05) is 0 Å². The summed E-state index contributed by atoms with van der Waals surface area (Å²) in [6.07, 6.45) is 0. The number of fused-ring (bicyclic) bond motifs is 1. The molecule has 6 heteroatoms. The van der Waals surface area contributed by atoms with Crippen molar-refractivity contribution in [1.82, 2.24) is 15.3 Å². The Morgan fingerprint density at radius 3 is 3.13 bits per heavy atom. The molecule has 0 saturated carbocycles. The second-order valence-electron chi connectivity index (χ2n) is 2.84. The standard InChI is InChI=1S/C9H8ClN3OS/c1-2-11-8(14)6-7-5(3-4-15-7)12-9(10)13-6/h3-4H,2H2,1H3,(H,11,14). The van der Waals surface area contributed by atoms with Crippen LogP contribution in [0.2, 0.25) is 5.28 Å². The van der Waals surface area contributed by atoms with E-state index in [0.717, 1.165) is 4.70 Å². The summed E-state index contributed by atoms with van der Waals surface area (Å²) in [6.45, 7) is 2.42. The molecule has 0 aliphatic rings. The first-order chi connectivity index (χ1) is 7.22. The number of thiophene rings is 1. The molecule has 0 atom stereocenters. The molecule has 1 N–H and O–H groups in total. The highest BCUT2D eigenvalue weighted by Crippen LogP contribution is 2.23. The molecular weight excluding hydrogens is 234 g/mol. The molecule has 1 amide bonds. The molecule has 0 aliphatic carbocycles. The van der Waals surface area contributed by atoms with Gasteiger partial charge in [0.05, 0.1) is 10.2 Å². The third kappa shape index (κ3) is 1.93. The maximum absolute atomic E-state index is 11.7. The first-order valence-corrected chi connectivity index (χ1v) is 5.67. The number of hydrogen-bond donors (Lipinski definition) is 1. The topological polar surface area (TPSA) is 54.9 Å². The number of hydrogen-bond acceptors (Lipinski definition) is 4. The number of carbonyl (C=O) groups is 1. The molecule has 15 heavy (non-hydrogen) atoms. The highest BCUT2D eigenvalue weighted by Gasteiger charge is 2.14. The molecule has 0 aliphatic heterocycles. The second-order valence-corrected chi connectivity index (χ2v) is 4.09. The van der Waals surface area contributed by atoms with E-state index >= 15 is 0 Å².